The van der Waals surface area contributed by atoms with E-state index in [-0.39, 0.29) is 17.7 Å². The van der Waals surface area contributed by atoms with Crippen molar-refractivity contribution in [3.8, 4) is 0 Å². The lowest BCUT2D eigenvalue weighted by Gasteiger charge is -2.31. The highest BCUT2D eigenvalue weighted by atomic mass is 16.5. The van der Waals surface area contributed by atoms with Crippen molar-refractivity contribution in [3.63, 3.8) is 0 Å². The van der Waals surface area contributed by atoms with Gasteiger partial charge in [0.1, 0.15) is 5.76 Å². The van der Waals surface area contributed by atoms with Gasteiger partial charge in [0.25, 0.3) is 0 Å². The number of primary amides is 1. The van der Waals surface area contributed by atoms with Crippen LogP contribution in [0.15, 0.2) is 4.52 Å². The Morgan fingerprint density at radius 3 is 2.50 bits per heavy atom. The Kier molecular flexibility index (Phi) is 5.18. The third kappa shape index (κ3) is 3.85. The van der Waals surface area contributed by atoms with Gasteiger partial charge >= 0.3 is 0 Å². The number of likely N-dealkylation sites (N-methyl/N-ethyl adjacent to an activating group) is 1. The SMILES string of the molecule is Cc1noc(C)c1CN(C)C(=O)CN1CCC(C(N)=O)CC1. The second kappa shape index (κ2) is 6.91. The fourth-order valence-corrected chi connectivity index (χ4v) is 2.74. The summed E-state index contributed by atoms with van der Waals surface area (Å²) in [6.45, 7) is 6.06. The lowest BCUT2D eigenvalue weighted by atomic mass is 9.96. The van der Waals surface area contributed by atoms with E-state index in [9.17, 15) is 9.59 Å². The van der Waals surface area contributed by atoms with Gasteiger partial charge in [-0.05, 0) is 39.8 Å². The van der Waals surface area contributed by atoms with Gasteiger partial charge in [-0.25, -0.2) is 0 Å². The molecule has 0 saturated carbocycles. The van der Waals surface area contributed by atoms with Gasteiger partial charge in [-0.15, -0.1) is 0 Å². The van der Waals surface area contributed by atoms with Crippen molar-refractivity contribution in [2.45, 2.75) is 33.2 Å². The molecular weight excluding hydrogens is 284 g/mol. The van der Waals surface area contributed by atoms with Crippen LogP contribution in [0.4, 0.5) is 0 Å². The molecular formula is C15H24N4O3. The first-order valence-electron chi connectivity index (χ1n) is 7.56. The average molecular weight is 308 g/mol. The van der Waals surface area contributed by atoms with Gasteiger partial charge in [0.05, 0.1) is 18.8 Å². The van der Waals surface area contributed by atoms with Crippen LogP contribution >= 0.6 is 0 Å². The Morgan fingerprint density at radius 2 is 2.00 bits per heavy atom. The van der Waals surface area contributed by atoms with E-state index in [0.29, 0.717) is 13.1 Å². The maximum Gasteiger partial charge on any atom is 0.236 e. The molecule has 0 atom stereocenters. The molecule has 1 saturated heterocycles. The molecule has 0 spiro atoms. The third-order valence-corrected chi connectivity index (χ3v) is 4.35. The first-order valence-corrected chi connectivity index (χ1v) is 7.56. The second-order valence-corrected chi connectivity index (χ2v) is 6.01. The Bertz CT molecular complexity index is 527. The molecule has 1 aliphatic heterocycles. The fraction of sp³-hybridized carbons (Fsp3) is 0.667. The molecule has 2 rings (SSSR count). The summed E-state index contributed by atoms with van der Waals surface area (Å²) >= 11 is 0. The minimum absolute atomic E-state index is 0.0496. The molecule has 0 aliphatic carbocycles. The molecule has 1 aromatic heterocycles. The predicted octanol–water partition coefficient (Wildman–Crippen LogP) is 0.447. The molecule has 122 valence electrons. The number of aryl methyl sites for hydroxylation is 2. The van der Waals surface area contributed by atoms with Crippen LogP contribution < -0.4 is 5.73 Å². The van der Waals surface area contributed by atoms with E-state index in [2.05, 4.69) is 10.1 Å². The van der Waals surface area contributed by atoms with E-state index < -0.39 is 0 Å². The molecule has 0 radical (unpaired) electrons. The molecule has 22 heavy (non-hydrogen) atoms. The molecule has 7 heteroatoms. The number of hydrogen-bond donors (Lipinski definition) is 1. The number of rotatable bonds is 5. The van der Waals surface area contributed by atoms with Crippen LogP contribution in [0.5, 0.6) is 0 Å². The van der Waals surface area contributed by atoms with Gasteiger partial charge in [0.15, 0.2) is 0 Å². The topological polar surface area (TPSA) is 92.7 Å². The van der Waals surface area contributed by atoms with Crippen LogP contribution in [0.2, 0.25) is 0 Å². The molecule has 1 fully saturated rings. The zero-order valence-electron chi connectivity index (χ0n) is 13.5. The van der Waals surface area contributed by atoms with Gasteiger partial charge in [0, 0.05) is 18.5 Å². The number of nitrogens with two attached hydrogens (primary N) is 1. The summed E-state index contributed by atoms with van der Waals surface area (Å²) in [5, 5.41) is 3.90. The molecule has 2 heterocycles. The lowest BCUT2D eigenvalue weighted by molar-refractivity contribution is -0.132. The Morgan fingerprint density at radius 1 is 1.36 bits per heavy atom. The van der Waals surface area contributed by atoms with Crippen LogP contribution in [0.25, 0.3) is 0 Å². The van der Waals surface area contributed by atoms with E-state index in [4.69, 9.17) is 10.3 Å². The summed E-state index contributed by atoms with van der Waals surface area (Å²) in [6, 6.07) is 0. The Balaban J connectivity index is 1.83. The zero-order chi connectivity index (χ0) is 16.3. The summed E-state index contributed by atoms with van der Waals surface area (Å²) in [5.41, 5.74) is 7.10. The first kappa shape index (κ1) is 16.5. The summed E-state index contributed by atoms with van der Waals surface area (Å²) in [6.07, 6.45) is 1.46. The lowest BCUT2D eigenvalue weighted by Crippen LogP contribution is -2.44. The third-order valence-electron chi connectivity index (χ3n) is 4.35. The summed E-state index contributed by atoms with van der Waals surface area (Å²) < 4.78 is 5.12. The maximum absolute atomic E-state index is 12.3. The number of aromatic nitrogens is 1. The van der Waals surface area contributed by atoms with Gasteiger partial charge in [0.2, 0.25) is 11.8 Å². The molecule has 2 N–H and O–H groups in total. The highest BCUT2D eigenvalue weighted by Gasteiger charge is 2.25. The highest BCUT2D eigenvalue weighted by Crippen LogP contribution is 2.17. The van der Waals surface area contributed by atoms with Gasteiger partial charge in [-0.1, -0.05) is 5.16 Å². The number of carbonyl (C=O) groups is 2. The van der Waals surface area contributed by atoms with Crippen molar-refractivity contribution in [3.05, 3.63) is 17.0 Å². The summed E-state index contributed by atoms with van der Waals surface area (Å²) in [5.74, 6) is 0.518. The number of likely N-dealkylation sites (tertiary alicyclic amines) is 1. The summed E-state index contributed by atoms with van der Waals surface area (Å²) in [4.78, 5) is 27.2. The second-order valence-electron chi connectivity index (χ2n) is 6.01. The van der Waals surface area contributed by atoms with Crippen molar-refractivity contribution < 1.29 is 14.1 Å². The van der Waals surface area contributed by atoms with E-state index in [1.807, 2.05) is 13.8 Å². The van der Waals surface area contributed by atoms with E-state index >= 15 is 0 Å². The van der Waals surface area contributed by atoms with Crippen molar-refractivity contribution in [2.24, 2.45) is 11.7 Å². The fourth-order valence-electron chi connectivity index (χ4n) is 2.74. The molecule has 7 nitrogen and oxygen atoms in total. The molecule has 0 unspecified atom stereocenters. The minimum Gasteiger partial charge on any atom is -0.369 e. The van der Waals surface area contributed by atoms with Gasteiger partial charge in [-0.2, -0.15) is 0 Å². The Labute approximate surface area is 130 Å². The predicted molar refractivity (Wildman–Crippen MR) is 80.8 cm³/mol. The van der Waals surface area contributed by atoms with Crippen LogP contribution in [0.3, 0.4) is 0 Å². The Hall–Kier alpha value is -1.89. The van der Waals surface area contributed by atoms with Crippen molar-refractivity contribution in [1.82, 2.24) is 15.0 Å². The maximum atomic E-state index is 12.3. The number of hydrogen-bond acceptors (Lipinski definition) is 5. The molecule has 2 amide bonds. The molecule has 1 aromatic rings. The molecule has 0 aromatic carbocycles. The normalized spacial score (nSPS) is 16.7. The number of nitrogens with zero attached hydrogens (tertiary/aromatic N) is 3. The van der Waals surface area contributed by atoms with E-state index in [1.54, 1.807) is 11.9 Å². The molecule has 1 aliphatic rings. The minimum atomic E-state index is -0.235. The van der Waals surface area contributed by atoms with E-state index in [1.165, 1.54) is 0 Å². The smallest absolute Gasteiger partial charge is 0.236 e. The van der Waals surface area contributed by atoms with E-state index in [0.717, 1.165) is 42.9 Å². The van der Waals surface area contributed by atoms with Crippen LogP contribution in [-0.2, 0) is 16.1 Å². The monoisotopic (exact) mass is 308 g/mol. The highest BCUT2D eigenvalue weighted by molar-refractivity contribution is 5.78. The number of amides is 2. The van der Waals surface area contributed by atoms with Crippen molar-refractivity contribution in [2.75, 3.05) is 26.7 Å². The van der Waals surface area contributed by atoms with Crippen LogP contribution in [0.1, 0.15) is 29.9 Å². The van der Waals surface area contributed by atoms with Gasteiger partial charge < -0.3 is 15.2 Å². The van der Waals surface area contributed by atoms with Gasteiger partial charge in [-0.3, -0.25) is 14.5 Å². The zero-order valence-corrected chi connectivity index (χ0v) is 13.5. The summed E-state index contributed by atoms with van der Waals surface area (Å²) in [7, 11) is 1.78. The largest absolute Gasteiger partial charge is 0.369 e. The average Bonchev–Trinajstić information content (AvgIpc) is 2.79. The van der Waals surface area contributed by atoms with Crippen molar-refractivity contribution in [1.29, 1.82) is 0 Å². The van der Waals surface area contributed by atoms with Crippen molar-refractivity contribution >= 4 is 11.8 Å². The quantitative estimate of drug-likeness (QED) is 0.852. The number of piperidine rings is 1. The van der Waals surface area contributed by atoms with Crippen LogP contribution in [0, 0.1) is 19.8 Å². The van der Waals surface area contributed by atoms with Crippen LogP contribution in [-0.4, -0.2) is 53.5 Å². The molecule has 0 bridgehead atoms. The first-order chi connectivity index (χ1) is 10.4. The number of carbonyl (C=O) groups excluding carboxylic acids is 2. The standard InChI is InChI=1S/C15H24N4O3/c1-10-13(11(2)22-17-10)8-18(3)14(20)9-19-6-4-12(5-7-19)15(16)21/h12H,4-9H2,1-3H3,(H2,16,21).